The number of hydrogen-bond donors (Lipinski definition) is 2. The molecule has 0 aliphatic rings. The third-order valence-corrected chi connectivity index (χ3v) is 3.65. The molecule has 2 aromatic carbocycles. The van der Waals surface area contributed by atoms with E-state index >= 15 is 0 Å². The maximum absolute atomic E-state index is 12.1. The first-order valence-corrected chi connectivity index (χ1v) is 7.98. The number of para-hydroxylation sites is 2. The number of hydrogen-bond acceptors (Lipinski definition) is 3. The van der Waals surface area contributed by atoms with Gasteiger partial charge in [-0.25, -0.2) is 0 Å². The Labute approximate surface area is 141 Å². The topological polar surface area (TPSA) is 50.4 Å². The normalized spacial score (nSPS) is 11.8. The summed E-state index contributed by atoms with van der Waals surface area (Å²) < 4.78 is 5.50. The zero-order chi connectivity index (χ0) is 16.7. The molecule has 1 amide bonds. The Balaban J connectivity index is 1.89. The van der Waals surface area contributed by atoms with E-state index in [4.69, 9.17) is 16.3 Å². The van der Waals surface area contributed by atoms with Gasteiger partial charge < -0.3 is 15.4 Å². The second kappa shape index (κ2) is 8.56. The highest BCUT2D eigenvalue weighted by atomic mass is 35.5. The zero-order valence-corrected chi connectivity index (χ0v) is 14.1. The molecule has 23 heavy (non-hydrogen) atoms. The van der Waals surface area contributed by atoms with E-state index in [1.165, 1.54) is 0 Å². The number of benzene rings is 2. The fourth-order valence-corrected chi connectivity index (χ4v) is 2.29. The van der Waals surface area contributed by atoms with Gasteiger partial charge in [0.05, 0.1) is 18.8 Å². The van der Waals surface area contributed by atoms with Crippen LogP contribution in [-0.4, -0.2) is 19.1 Å². The molecule has 0 saturated carbocycles. The van der Waals surface area contributed by atoms with Crippen molar-refractivity contribution in [2.24, 2.45) is 0 Å². The van der Waals surface area contributed by atoms with Gasteiger partial charge in [0, 0.05) is 11.1 Å². The summed E-state index contributed by atoms with van der Waals surface area (Å²) in [5, 5.41) is 6.76. The number of carbonyl (C=O) groups is 1. The molecule has 2 rings (SSSR count). The molecule has 0 bridgehead atoms. The van der Waals surface area contributed by atoms with Gasteiger partial charge in [-0.2, -0.15) is 0 Å². The SMILES string of the molecule is CCOc1ccccc1NC(=O)CNC(C)c1ccc(Cl)cc1. The van der Waals surface area contributed by atoms with E-state index in [-0.39, 0.29) is 18.5 Å². The number of anilines is 1. The average molecular weight is 333 g/mol. The standard InChI is InChI=1S/C18H21ClN2O2/c1-3-23-17-7-5-4-6-16(17)21-18(22)12-20-13(2)14-8-10-15(19)11-9-14/h4-11,13,20H,3,12H2,1-2H3,(H,21,22). The summed E-state index contributed by atoms with van der Waals surface area (Å²) in [4.78, 5) is 12.1. The van der Waals surface area contributed by atoms with Gasteiger partial charge in [-0.15, -0.1) is 0 Å². The van der Waals surface area contributed by atoms with Gasteiger partial charge in [0.15, 0.2) is 0 Å². The summed E-state index contributed by atoms with van der Waals surface area (Å²) in [6.45, 7) is 4.68. The molecule has 5 heteroatoms. The smallest absolute Gasteiger partial charge is 0.238 e. The Kier molecular flexibility index (Phi) is 6.44. The molecular formula is C18H21ClN2O2. The van der Waals surface area contributed by atoms with Crippen molar-refractivity contribution in [1.29, 1.82) is 0 Å². The van der Waals surface area contributed by atoms with Crippen LogP contribution >= 0.6 is 11.6 Å². The Morgan fingerprint density at radius 2 is 1.87 bits per heavy atom. The molecule has 4 nitrogen and oxygen atoms in total. The van der Waals surface area contributed by atoms with Gasteiger partial charge in [0.25, 0.3) is 0 Å². The van der Waals surface area contributed by atoms with E-state index in [2.05, 4.69) is 10.6 Å². The van der Waals surface area contributed by atoms with Crippen LogP contribution in [0, 0.1) is 0 Å². The minimum absolute atomic E-state index is 0.0557. The van der Waals surface area contributed by atoms with Crippen LogP contribution < -0.4 is 15.4 Å². The Morgan fingerprint density at radius 3 is 2.57 bits per heavy atom. The maximum atomic E-state index is 12.1. The molecule has 0 radical (unpaired) electrons. The lowest BCUT2D eigenvalue weighted by atomic mass is 10.1. The number of nitrogens with one attached hydrogen (secondary N) is 2. The molecular weight excluding hydrogens is 312 g/mol. The van der Waals surface area contributed by atoms with E-state index in [0.29, 0.717) is 23.1 Å². The van der Waals surface area contributed by atoms with Crippen LogP contribution in [0.5, 0.6) is 5.75 Å². The largest absolute Gasteiger partial charge is 0.492 e. The van der Waals surface area contributed by atoms with Crippen LogP contribution in [0.25, 0.3) is 0 Å². The van der Waals surface area contributed by atoms with Crippen molar-refractivity contribution in [2.45, 2.75) is 19.9 Å². The summed E-state index contributed by atoms with van der Waals surface area (Å²) in [7, 11) is 0. The predicted molar refractivity (Wildman–Crippen MR) is 94.1 cm³/mol. The molecule has 2 aromatic rings. The third-order valence-electron chi connectivity index (χ3n) is 3.40. The van der Waals surface area contributed by atoms with Gasteiger partial charge in [0.1, 0.15) is 5.75 Å². The second-order valence-corrected chi connectivity index (χ2v) is 5.57. The van der Waals surface area contributed by atoms with Gasteiger partial charge in [-0.1, -0.05) is 35.9 Å². The molecule has 0 aromatic heterocycles. The van der Waals surface area contributed by atoms with Crippen LogP contribution in [-0.2, 0) is 4.79 Å². The highest BCUT2D eigenvalue weighted by molar-refractivity contribution is 6.30. The van der Waals surface area contributed by atoms with Crippen molar-refractivity contribution in [3.63, 3.8) is 0 Å². The minimum Gasteiger partial charge on any atom is -0.492 e. The number of amides is 1. The van der Waals surface area contributed by atoms with Gasteiger partial charge in [0.2, 0.25) is 5.91 Å². The predicted octanol–water partition coefficient (Wildman–Crippen LogP) is 4.03. The van der Waals surface area contributed by atoms with E-state index in [1.807, 2.05) is 62.4 Å². The lowest BCUT2D eigenvalue weighted by Gasteiger charge is -2.15. The second-order valence-electron chi connectivity index (χ2n) is 5.13. The molecule has 0 saturated heterocycles. The first kappa shape index (κ1) is 17.3. The van der Waals surface area contributed by atoms with Gasteiger partial charge in [-0.3, -0.25) is 4.79 Å². The van der Waals surface area contributed by atoms with Gasteiger partial charge >= 0.3 is 0 Å². The van der Waals surface area contributed by atoms with Crippen molar-refractivity contribution in [3.8, 4) is 5.75 Å². The third kappa shape index (κ3) is 5.27. The van der Waals surface area contributed by atoms with Crippen LogP contribution in [0.2, 0.25) is 5.02 Å². The van der Waals surface area contributed by atoms with Crippen LogP contribution in [0.1, 0.15) is 25.5 Å². The van der Waals surface area contributed by atoms with Gasteiger partial charge in [-0.05, 0) is 43.7 Å². The number of rotatable bonds is 7. The van der Waals surface area contributed by atoms with E-state index < -0.39 is 0 Å². The quantitative estimate of drug-likeness (QED) is 0.805. The van der Waals surface area contributed by atoms with Crippen molar-refractivity contribution >= 4 is 23.2 Å². The van der Waals surface area contributed by atoms with E-state index in [9.17, 15) is 4.79 Å². The summed E-state index contributed by atoms with van der Waals surface area (Å²) in [5.41, 5.74) is 1.76. The van der Waals surface area contributed by atoms with Crippen molar-refractivity contribution in [3.05, 3.63) is 59.1 Å². The Morgan fingerprint density at radius 1 is 1.17 bits per heavy atom. The van der Waals surface area contributed by atoms with Crippen molar-refractivity contribution < 1.29 is 9.53 Å². The number of carbonyl (C=O) groups excluding carboxylic acids is 1. The fourth-order valence-electron chi connectivity index (χ4n) is 2.16. The van der Waals surface area contributed by atoms with E-state index in [1.54, 1.807) is 0 Å². The highest BCUT2D eigenvalue weighted by Gasteiger charge is 2.10. The summed E-state index contributed by atoms with van der Waals surface area (Å²) in [6, 6.07) is 15.0. The van der Waals surface area contributed by atoms with Crippen LogP contribution in [0.15, 0.2) is 48.5 Å². The molecule has 0 spiro atoms. The van der Waals surface area contributed by atoms with Crippen molar-refractivity contribution in [1.82, 2.24) is 5.32 Å². The molecule has 0 fully saturated rings. The minimum atomic E-state index is -0.113. The zero-order valence-electron chi connectivity index (χ0n) is 13.3. The molecule has 0 aliphatic heterocycles. The first-order valence-electron chi connectivity index (χ1n) is 7.60. The molecule has 1 atom stereocenters. The van der Waals surface area contributed by atoms with Crippen molar-refractivity contribution in [2.75, 3.05) is 18.5 Å². The molecule has 0 aliphatic carbocycles. The summed E-state index contributed by atoms with van der Waals surface area (Å²) >= 11 is 5.88. The summed E-state index contributed by atoms with van der Waals surface area (Å²) in [6.07, 6.45) is 0. The molecule has 2 N–H and O–H groups in total. The van der Waals surface area contributed by atoms with E-state index in [0.717, 1.165) is 5.56 Å². The Bertz CT molecular complexity index is 644. The lowest BCUT2D eigenvalue weighted by molar-refractivity contribution is -0.115. The first-order chi connectivity index (χ1) is 11.1. The summed E-state index contributed by atoms with van der Waals surface area (Å²) in [5.74, 6) is 0.562. The Hall–Kier alpha value is -2.04. The van der Waals surface area contributed by atoms with Crippen LogP contribution in [0.3, 0.4) is 0 Å². The van der Waals surface area contributed by atoms with Crippen LogP contribution in [0.4, 0.5) is 5.69 Å². The number of ether oxygens (including phenoxy) is 1. The molecule has 1 unspecified atom stereocenters. The maximum Gasteiger partial charge on any atom is 0.238 e. The molecule has 122 valence electrons. The monoisotopic (exact) mass is 332 g/mol. The lowest BCUT2D eigenvalue weighted by Crippen LogP contribution is -2.30. The highest BCUT2D eigenvalue weighted by Crippen LogP contribution is 2.23. The average Bonchev–Trinajstić information content (AvgIpc) is 2.55. The number of halogens is 1. The fraction of sp³-hybridized carbons (Fsp3) is 0.278. The molecule has 0 heterocycles.